The monoisotopic (exact) mass is 404 g/mol. The molecule has 0 aliphatic heterocycles. The zero-order valence-corrected chi connectivity index (χ0v) is 16.9. The number of anilines is 1. The summed E-state index contributed by atoms with van der Waals surface area (Å²) in [6, 6.07) is 15.8. The van der Waals surface area contributed by atoms with Crippen LogP contribution in [-0.4, -0.2) is 37.5 Å². The van der Waals surface area contributed by atoms with E-state index < -0.39 is 10.0 Å². The second kappa shape index (κ2) is 8.91. The number of benzene rings is 2. The number of sulfonamides is 1. The first-order valence-corrected chi connectivity index (χ1v) is 11.4. The van der Waals surface area contributed by atoms with Crippen molar-refractivity contribution in [1.29, 1.82) is 0 Å². The number of nitrogens with zero attached hydrogens (tertiary/aromatic N) is 1. The first-order valence-electron chi connectivity index (χ1n) is 9.04. The Morgan fingerprint density at radius 1 is 1.07 bits per heavy atom. The second-order valence-electron chi connectivity index (χ2n) is 6.64. The van der Waals surface area contributed by atoms with E-state index in [2.05, 4.69) is 5.32 Å². The lowest BCUT2D eigenvalue weighted by atomic mass is 10.3. The highest BCUT2D eigenvalue weighted by atomic mass is 32.2. The summed E-state index contributed by atoms with van der Waals surface area (Å²) < 4.78 is 26.2. The number of carbonyl (C=O) groups excluding carboxylic acids is 1. The SMILES string of the molecule is CN(CC(=O)Nc1ccccc1SC1CCCC1)S(=O)(=O)c1ccccc1. The largest absolute Gasteiger partial charge is 0.324 e. The molecule has 1 N–H and O–H groups in total. The van der Waals surface area contributed by atoms with E-state index in [1.54, 1.807) is 30.0 Å². The maximum atomic E-state index is 12.6. The van der Waals surface area contributed by atoms with E-state index in [0.29, 0.717) is 5.25 Å². The van der Waals surface area contributed by atoms with Crippen molar-refractivity contribution < 1.29 is 13.2 Å². The van der Waals surface area contributed by atoms with Crippen molar-refractivity contribution in [1.82, 2.24) is 4.31 Å². The van der Waals surface area contributed by atoms with Gasteiger partial charge in [-0.1, -0.05) is 43.2 Å². The summed E-state index contributed by atoms with van der Waals surface area (Å²) >= 11 is 1.79. The lowest BCUT2D eigenvalue weighted by Gasteiger charge is -2.18. The number of nitrogens with one attached hydrogen (secondary N) is 1. The number of likely N-dealkylation sites (N-methyl/N-ethyl adjacent to an activating group) is 1. The minimum atomic E-state index is -3.69. The van der Waals surface area contributed by atoms with Crippen LogP contribution in [0.5, 0.6) is 0 Å². The van der Waals surface area contributed by atoms with Crippen molar-refractivity contribution in [2.24, 2.45) is 0 Å². The van der Waals surface area contributed by atoms with Crippen molar-refractivity contribution in [2.45, 2.75) is 40.7 Å². The summed E-state index contributed by atoms with van der Waals surface area (Å²) in [5, 5.41) is 3.46. The highest BCUT2D eigenvalue weighted by molar-refractivity contribution is 8.00. The Morgan fingerprint density at radius 2 is 1.70 bits per heavy atom. The van der Waals surface area contributed by atoms with E-state index >= 15 is 0 Å². The molecule has 1 aliphatic carbocycles. The molecule has 0 unspecified atom stereocenters. The maximum Gasteiger partial charge on any atom is 0.243 e. The number of hydrogen-bond donors (Lipinski definition) is 1. The highest BCUT2D eigenvalue weighted by Gasteiger charge is 2.23. The van der Waals surface area contributed by atoms with Gasteiger partial charge in [0.1, 0.15) is 0 Å². The third kappa shape index (κ3) is 5.12. The molecular formula is C20H24N2O3S2. The van der Waals surface area contributed by atoms with Crippen LogP contribution < -0.4 is 5.32 Å². The van der Waals surface area contributed by atoms with Gasteiger partial charge >= 0.3 is 0 Å². The van der Waals surface area contributed by atoms with Gasteiger partial charge in [-0.25, -0.2) is 8.42 Å². The van der Waals surface area contributed by atoms with Crippen LogP contribution in [0.25, 0.3) is 0 Å². The van der Waals surface area contributed by atoms with Gasteiger partial charge in [-0.2, -0.15) is 4.31 Å². The van der Waals surface area contributed by atoms with Crippen molar-refractivity contribution in [3.8, 4) is 0 Å². The third-order valence-corrected chi connectivity index (χ3v) is 7.81. The molecule has 1 aliphatic rings. The van der Waals surface area contributed by atoms with Crippen LogP contribution in [-0.2, 0) is 14.8 Å². The average molecular weight is 405 g/mol. The lowest BCUT2D eigenvalue weighted by Crippen LogP contribution is -2.35. The van der Waals surface area contributed by atoms with Crippen LogP contribution in [0.2, 0.25) is 0 Å². The Balaban J connectivity index is 1.65. The quantitative estimate of drug-likeness (QED) is 0.758. The minimum Gasteiger partial charge on any atom is -0.324 e. The van der Waals surface area contributed by atoms with Gasteiger partial charge in [-0.15, -0.1) is 11.8 Å². The van der Waals surface area contributed by atoms with Crippen LogP contribution in [0.4, 0.5) is 5.69 Å². The Kier molecular flexibility index (Phi) is 6.57. The molecule has 0 heterocycles. The fraction of sp³-hybridized carbons (Fsp3) is 0.350. The molecule has 3 rings (SSSR count). The number of carbonyl (C=O) groups is 1. The molecule has 2 aromatic rings. The van der Waals surface area contributed by atoms with E-state index in [4.69, 9.17) is 0 Å². The fourth-order valence-electron chi connectivity index (χ4n) is 3.11. The van der Waals surface area contributed by atoms with E-state index in [9.17, 15) is 13.2 Å². The number of rotatable bonds is 7. The smallest absolute Gasteiger partial charge is 0.243 e. The first kappa shape index (κ1) is 19.9. The summed E-state index contributed by atoms with van der Waals surface area (Å²) in [5.74, 6) is -0.350. The molecule has 2 aromatic carbocycles. The predicted molar refractivity (Wildman–Crippen MR) is 109 cm³/mol. The van der Waals surface area contributed by atoms with E-state index in [0.717, 1.165) is 14.9 Å². The Morgan fingerprint density at radius 3 is 2.41 bits per heavy atom. The standard InChI is InChI=1S/C20H24N2O3S2/c1-22(27(24,25)17-11-3-2-4-12-17)15-20(23)21-18-13-7-8-14-19(18)26-16-9-5-6-10-16/h2-4,7-8,11-14,16H,5-6,9-10,15H2,1H3,(H,21,23). The molecule has 0 saturated heterocycles. The molecule has 0 spiro atoms. The second-order valence-corrected chi connectivity index (χ2v) is 10.0. The Hall–Kier alpha value is -1.83. The molecule has 0 radical (unpaired) electrons. The van der Waals surface area contributed by atoms with Gasteiger partial charge < -0.3 is 5.32 Å². The average Bonchev–Trinajstić information content (AvgIpc) is 3.17. The summed E-state index contributed by atoms with van der Waals surface area (Å²) in [7, 11) is -2.27. The van der Waals surface area contributed by atoms with E-state index in [1.807, 2.05) is 24.3 Å². The van der Waals surface area contributed by atoms with Gasteiger partial charge in [0.2, 0.25) is 15.9 Å². The van der Waals surface area contributed by atoms with Crippen LogP contribution in [0.15, 0.2) is 64.4 Å². The molecule has 0 atom stereocenters. The number of thioether (sulfide) groups is 1. The predicted octanol–water partition coefficient (Wildman–Crippen LogP) is 3.98. The molecule has 27 heavy (non-hydrogen) atoms. The van der Waals surface area contributed by atoms with Crippen LogP contribution in [0.3, 0.4) is 0 Å². The Labute approximate surface area is 165 Å². The van der Waals surface area contributed by atoms with Gasteiger partial charge in [0.15, 0.2) is 0 Å². The maximum absolute atomic E-state index is 12.6. The zero-order chi connectivity index (χ0) is 19.3. The summed E-state index contributed by atoms with van der Waals surface area (Å²) in [5.41, 5.74) is 0.741. The summed E-state index contributed by atoms with van der Waals surface area (Å²) in [6.07, 6.45) is 4.92. The van der Waals surface area contributed by atoms with Crippen molar-refractivity contribution >= 4 is 33.4 Å². The molecule has 1 amide bonds. The zero-order valence-electron chi connectivity index (χ0n) is 15.3. The van der Waals surface area contributed by atoms with Gasteiger partial charge in [0, 0.05) is 17.2 Å². The van der Waals surface area contributed by atoms with Crippen molar-refractivity contribution in [3.63, 3.8) is 0 Å². The van der Waals surface area contributed by atoms with E-state index in [-0.39, 0.29) is 17.3 Å². The number of para-hydroxylation sites is 1. The minimum absolute atomic E-state index is 0.178. The normalized spacial score (nSPS) is 15.2. The molecule has 1 saturated carbocycles. The molecule has 5 nitrogen and oxygen atoms in total. The van der Waals surface area contributed by atoms with Crippen molar-refractivity contribution in [2.75, 3.05) is 18.9 Å². The highest BCUT2D eigenvalue weighted by Crippen LogP contribution is 2.38. The number of amides is 1. The van der Waals surface area contributed by atoms with Crippen molar-refractivity contribution in [3.05, 3.63) is 54.6 Å². The molecule has 7 heteroatoms. The van der Waals surface area contributed by atoms with Gasteiger partial charge in [0.25, 0.3) is 0 Å². The lowest BCUT2D eigenvalue weighted by molar-refractivity contribution is -0.116. The van der Waals surface area contributed by atoms with Crippen LogP contribution in [0, 0.1) is 0 Å². The Bertz CT molecular complexity index is 879. The molecular weight excluding hydrogens is 380 g/mol. The summed E-state index contributed by atoms with van der Waals surface area (Å²) in [6.45, 7) is -0.236. The van der Waals surface area contributed by atoms with E-state index in [1.165, 1.54) is 44.9 Å². The fourth-order valence-corrected chi connectivity index (χ4v) is 5.59. The third-order valence-electron chi connectivity index (χ3n) is 4.57. The molecule has 1 fully saturated rings. The molecule has 144 valence electrons. The van der Waals surface area contributed by atoms with Crippen LogP contribution >= 0.6 is 11.8 Å². The van der Waals surface area contributed by atoms with Gasteiger partial charge in [-0.3, -0.25) is 4.79 Å². The molecule has 0 bridgehead atoms. The summed E-state index contributed by atoms with van der Waals surface area (Å²) in [4.78, 5) is 13.7. The first-order chi connectivity index (χ1) is 13.0. The number of hydrogen-bond acceptors (Lipinski definition) is 4. The topological polar surface area (TPSA) is 66.5 Å². The molecule has 0 aromatic heterocycles. The van der Waals surface area contributed by atoms with Gasteiger partial charge in [-0.05, 0) is 37.1 Å². The van der Waals surface area contributed by atoms with Crippen LogP contribution in [0.1, 0.15) is 25.7 Å². The van der Waals surface area contributed by atoms with Gasteiger partial charge in [0.05, 0.1) is 17.1 Å².